The molecule has 2 N–H and O–H groups in total. The van der Waals surface area contributed by atoms with Crippen LogP contribution >= 0.6 is 11.3 Å². The number of Topliss-reactive ketones (excluding diaryl/α,β-unsaturated/α-hetero) is 1. The summed E-state index contributed by atoms with van der Waals surface area (Å²) in [7, 11) is 0. The van der Waals surface area contributed by atoms with Crippen LogP contribution in [0.2, 0.25) is 0 Å². The molecule has 0 saturated heterocycles. The number of aryl methyl sites for hydroxylation is 2. The number of hydrogen-bond acceptors (Lipinski definition) is 5. The Kier molecular flexibility index (Phi) is 6.55. The van der Waals surface area contributed by atoms with Crippen LogP contribution in [0.25, 0.3) is 15.7 Å². The van der Waals surface area contributed by atoms with Gasteiger partial charge < -0.3 is 10.5 Å². The highest BCUT2D eigenvalue weighted by molar-refractivity contribution is 7.17. The molecule has 0 fully saturated rings. The lowest BCUT2D eigenvalue weighted by molar-refractivity contribution is 0.0971. The van der Waals surface area contributed by atoms with Gasteiger partial charge in [-0.2, -0.15) is 0 Å². The van der Waals surface area contributed by atoms with Gasteiger partial charge >= 0.3 is 0 Å². The van der Waals surface area contributed by atoms with Crippen molar-refractivity contribution in [2.24, 2.45) is 5.73 Å². The van der Waals surface area contributed by atoms with E-state index in [0.29, 0.717) is 29.2 Å². The van der Waals surface area contributed by atoms with Gasteiger partial charge in [-0.15, -0.1) is 11.3 Å². The first kappa shape index (κ1) is 24.1. The number of halogens is 2. The largest absolute Gasteiger partial charge is 0.485 e. The van der Waals surface area contributed by atoms with E-state index in [4.69, 9.17) is 10.5 Å². The fourth-order valence-corrected chi connectivity index (χ4v) is 5.49. The van der Waals surface area contributed by atoms with Crippen molar-refractivity contribution in [3.63, 3.8) is 0 Å². The average Bonchev–Trinajstić information content (AvgIpc) is 3.42. The summed E-state index contributed by atoms with van der Waals surface area (Å²) < 4.78 is 36.8. The van der Waals surface area contributed by atoms with E-state index in [1.807, 2.05) is 25.3 Å². The number of carbonyl (C=O) groups is 1. The molecule has 0 aliphatic rings. The zero-order chi connectivity index (χ0) is 25.4. The van der Waals surface area contributed by atoms with Gasteiger partial charge in [0, 0.05) is 23.4 Å². The number of ether oxygens (including phenoxy) is 1. The highest BCUT2D eigenvalue weighted by Crippen LogP contribution is 2.32. The van der Waals surface area contributed by atoms with E-state index in [9.17, 15) is 13.6 Å². The van der Waals surface area contributed by atoms with Crippen molar-refractivity contribution < 1.29 is 18.3 Å². The SMILES string of the molecule is Cc1cc(OCc2c(F)cccc2F)c2nc(C)c(C(=O)CCC(N)c3csc4ccccc34)n2c1. The zero-order valence-corrected chi connectivity index (χ0v) is 20.7. The first-order chi connectivity index (χ1) is 17.3. The zero-order valence-electron chi connectivity index (χ0n) is 19.9. The van der Waals surface area contributed by atoms with Crippen LogP contribution < -0.4 is 10.5 Å². The Labute approximate surface area is 211 Å². The van der Waals surface area contributed by atoms with Gasteiger partial charge in [0.15, 0.2) is 17.2 Å². The second-order valence-corrected chi connectivity index (χ2v) is 9.78. The van der Waals surface area contributed by atoms with E-state index in [2.05, 4.69) is 22.5 Å². The molecule has 0 aliphatic carbocycles. The molecule has 5 nitrogen and oxygen atoms in total. The number of pyridine rings is 1. The number of ketones is 1. The Morgan fingerprint density at radius 3 is 2.67 bits per heavy atom. The van der Waals surface area contributed by atoms with Crippen LogP contribution in [0.3, 0.4) is 0 Å². The lowest BCUT2D eigenvalue weighted by Gasteiger charge is -2.12. The van der Waals surface area contributed by atoms with E-state index in [-0.39, 0.29) is 30.4 Å². The summed E-state index contributed by atoms with van der Waals surface area (Å²) in [5.74, 6) is -1.08. The monoisotopic (exact) mass is 505 g/mol. The number of nitrogens with two attached hydrogens (primary N) is 1. The maximum Gasteiger partial charge on any atom is 0.181 e. The van der Waals surface area contributed by atoms with Gasteiger partial charge in [0.1, 0.15) is 23.9 Å². The molecule has 0 saturated carbocycles. The maximum atomic E-state index is 14.1. The second-order valence-electron chi connectivity index (χ2n) is 8.87. The van der Waals surface area contributed by atoms with Crippen LogP contribution in [-0.2, 0) is 6.61 Å². The molecule has 3 heterocycles. The molecule has 1 atom stereocenters. The maximum absolute atomic E-state index is 14.1. The van der Waals surface area contributed by atoms with E-state index in [1.54, 1.807) is 28.7 Å². The smallest absolute Gasteiger partial charge is 0.181 e. The molecular formula is C28H25F2N3O2S. The van der Waals surface area contributed by atoms with Crippen LogP contribution in [0.1, 0.15) is 51.8 Å². The number of nitrogens with zero attached hydrogens (tertiary/aromatic N) is 2. The van der Waals surface area contributed by atoms with Crippen molar-refractivity contribution in [3.8, 4) is 5.75 Å². The lowest BCUT2D eigenvalue weighted by atomic mass is 10.00. The molecule has 2 aromatic carbocycles. The van der Waals surface area contributed by atoms with Crippen molar-refractivity contribution in [1.82, 2.24) is 9.38 Å². The van der Waals surface area contributed by atoms with Crippen LogP contribution in [0.5, 0.6) is 5.75 Å². The third-order valence-electron chi connectivity index (χ3n) is 6.29. The molecule has 0 spiro atoms. The van der Waals surface area contributed by atoms with E-state index in [0.717, 1.165) is 16.5 Å². The normalized spacial score (nSPS) is 12.4. The third kappa shape index (κ3) is 4.50. The van der Waals surface area contributed by atoms with E-state index < -0.39 is 11.6 Å². The molecular weight excluding hydrogens is 480 g/mol. The Morgan fingerprint density at radius 2 is 1.89 bits per heavy atom. The Balaban J connectivity index is 1.38. The van der Waals surface area contributed by atoms with Gasteiger partial charge in [0.2, 0.25) is 0 Å². The molecule has 0 aliphatic heterocycles. The summed E-state index contributed by atoms with van der Waals surface area (Å²) in [6, 6.07) is 13.3. The first-order valence-corrected chi connectivity index (χ1v) is 12.5. The van der Waals surface area contributed by atoms with E-state index in [1.165, 1.54) is 22.9 Å². The van der Waals surface area contributed by atoms with Crippen molar-refractivity contribution in [3.05, 3.63) is 99.8 Å². The topological polar surface area (TPSA) is 69.6 Å². The molecule has 0 amide bonds. The molecule has 5 rings (SSSR count). The highest BCUT2D eigenvalue weighted by atomic mass is 32.1. The molecule has 1 unspecified atom stereocenters. The van der Waals surface area contributed by atoms with Gasteiger partial charge in [0.05, 0.1) is 11.3 Å². The number of benzene rings is 2. The first-order valence-electron chi connectivity index (χ1n) is 11.6. The molecule has 5 aromatic rings. The lowest BCUT2D eigenvalue weighted by Crippen LogP contribution is -2.13. The number of imidazole rings is 1. The number of rotatable bonds is 8. The summed E-state index contributed by atoms with van der Waals surface area (Å²) in [6.45, 7) is 3.33. The fraction of sp³-hybridized carbons (Fsp3) is 0.214. The number of carbonyl (C=O) groups excluding carboxylic acids is 1. The summed E-state index contributed by atoms with van der Waals surface area (Å²) >= 11 is 1.65. The predicted molar refractivity (Wildman–Crippen MR) is 138 cm³/mol. The predicted octanol–water partition coefficient (Wildman–Crippen LogP) is 6.69. The Hall–Kier alpha value is -3.62. The number of hydrogen-bond donors (Lipinski definition) is 1. The molecule has 0 bridgehead atoms. The Bertz CT molecular complexity index is 1570. The van der Waals surface area contributed by atoms with Crippen molar-refractivity contribution in [2.75, 3.05) is 0 Å². The fourth-order valence-electron chi connectivity index (χ4n) is 4.47. The number of aromatic nitrogens is 2. The number of thiophene rings is 1. The van der Waals surface area contributed by atoms with E-state index >= 15 is 0 Å². The summed E-state index contributed by atoms with van der Waals surface area (Å²) in [6.07, 6.45) is 2.56. The minimum absolute atomic E-state index is 0.0771. The van der Waals surface area contributed by atoms with Crippen molar-refractivity contribution >= 4 is 32.9 Å². The minimum Gasteiger partial charge on any atom is -0.485 e. The number of fused-ring (bicyclic) bond motifs is 2. The second kappa shape index (κ2) is 9.79. The van der Waals surface area contributed by atoms with Crippen molar-refractivity contribution in [2.45, 2.75) is 39.3 Å². The minimum atomic E-state index is -0.677. The highest BCUT2D eigenvalue weighted by Gasteiger charge is 2.22. The summed E-state index contributed by atoms with van der Waals surface area (Å²) in [5.41, 5.74) is 9.62. The Morgan fingerprint density at radius 1 is 1.14 bits per heavy atom. The van der Waals surface area contributed by atoms with Crippen LogP contribution in [-0.4, -0.2) is 15.2 Å². The third-order valence-corrected chi connectivity index (χ3v) is 7.27. The molecule has 184 valence electrons. The summed E-state index contributed by atoms with van der Waals surface area (Å²) in [4.78, 5) is 17.9. The van der Waals surface area contributed by atoms with Crippen LogP contribution in [0.15, 0.2) is 60.1 Å². The molecule has 3 aromatic heterocycles. The van der Waals surface area contributed by atoms with Gasteiger partial charge in [0.25, 0.3) is 0 Å². The average molecular weight is 506 g/mol. The van der Waals surface area contributed by atoms with Gasteiger partial charge in [-0.25, -0.2) is 13.8 Å². The molecule has 8 heteroatoms. The molecule has 0 radical (unpaired) electrons. The summed E-state index contributed by atoms with van der Waals surface area (Å²) in [5, 5.41) is 3.18. The van der Waals surface area contributed by atoms with Crippen LogP contribution in [0.4, 0.5) is 8.78 Å². The van der Waals surface area contributed by atoms with Gasteiger partial charge in [-0.05, 0) is 66.4 Å². The standard InChI is InChI=1S/C28H25F2N3O2S/c1-16-12-25(35-14-19-21(29)7-5-8-22(19)30)28-32-17(2)27(33(28)13-16)24(34)11-10-23(31)20-15-36-26-9-4-3-6-18(20)26/h3-9,12-13,15,23H,10-11,14,31H2,1-2H3. The quantitative estimate of drug-likeness (QED) is 0.239. The molecule has 36 heavy (non-hydrogen) atoms. The van der Waals surface area contributed by atoms with Crippen molar-refractivity contribution in [1.29, 1.82) is 0 Å². The van der Waals surface area contributed by atoms with Gasteiger partial charge in [-0.1, -0.05) is 24.3 Å². The van der Waals surface area contributed by atoms with Crippen LogP contribution in [0, 0.1) is 25.5 Å². The van der Waals surface area contributed by atoms with Gasteiger partial charge in [-0.3, -0.25) is 9.20 Å².